The summed E-state index contributed by atoms with van der Waals surface area (Å²) in [6.07, 6.45) is 0. The number of alkyl halides is 3. The van der Waals surface area contributed by atoms with E-state index >= 15 is 0 Å². The van der Waals surface area contributed by atoms with Crippen LogP contribution in [-0.2, 0) is 0 Å². The molecule has 0 aromatic heterocycles. The molecular weight excluding hydrogens is 537 g/mol. The van der Waals surface area contributed by atoms with Gasteiger partial charge in [0.25, 0.3) is 11.8 Å². The second-order valence-corrected chi connectivity index (χ2v) is 8.39. The van der Waals surface area contributed by atoms with Crippen LogP contribution in [0, 0.1) is 10.5 Å². The lowest BCUT2D eigenvalue weighted by Gasteiger charge is -2.14. The van der Waals surface area contributed by atoms with E-state index in [0.29, 0.717) is 9.26 Å². The molecule has 148 valence electrons. The molecule has 9 heteroatoms. The van der Waals surface area contributed by atoms with E-state index in [-0.39, 0.29) is 35.0 Å². The number of hydrogen-bond acceptors (Lipinski definition) is 3. The molecule has 28 heavy (non-hydrogen) atoms. The van der Waals surface area contributed by atoms with Gasteiger partial charge < -0.3 is 10.6 Å². The van der Waals surface area contributed by atoms with Crippen LogP contribution in [0.5, 0.6) is 0 Å². The minimum atomic E-state index is -1.20. The Labute approximate surface area is 191 Å². The van der Waals surface area contributed by atoms with Gasteiger partial charge in [0.2, 0.25) is 0 Å². The Kier molecular flexibility index (Phi) is 8.55. The van der Waals surface area contributed by atoms with E-state index in [9.17, 15) is 14.4 Å². The zero-order valence-corrected chi connectivity index (χ0v) is 19.1. The summed E-state index contributed by atoms with van der Waals surface area (Å²) < 4.78 is 0.630. The van der Waals surface area contributed by atoms with Crippen LogP contribution in [0.2, 0.25) is 0 Å². The maximum Gasteiger partial charge on any atom is 0.256 e. The summed E-state index contributed by atoms with van der Waals surface area (Å²) in [4.78, 5) is 36.1. The summed E-state index contributed by atoms with van der Waals surface area (Å²) in [6.45, 7) is 2.07. The molecule has 2 N–H and O–H groups in total. The highest BCUT2D eigenvalue weighted by Gasteiger charge is 2.21. The van der Waals surface area contributed by atoms with E-state index in [2.05, 4.69) is 10.6 Å². The number of anilines is 1. The fourth-order valence-electron chi connectivity index (χ4n) is 2.42. The number of rotatable bonds is 7. The molecule has 2 aromatic carbocycles. The molecule has 0 saturated carbocycles. The van der Waals surface area contributed by atoms with Crippen LogP contribution in [0.1, 0.15) is 36.6 Å². The Bertz CT molecular complexity index is 919. The third-order valence-electron chi connectivity index (χ3n) is 3.83. The van der Waals surface area contributed by atoms with Crippen molar-refractivity contribution in [2.24, 2.45) is 0 Å². The molecule has 0 radical (unpaired) electrons. The van der Waals surface area contributed by atoms with E-state index in [4.69, 9.17) is 34.8 Å². The van der Waals surface area contributed by atoms with Crippen LogP contribution in [0.15, 0.2) is 36.4 Å². The Hall–Kier alpha value is -1.35. The quantitative estimate of drug-likeness (QED) is 0.294. The number of amides is 2. The van der Waals surface area contributed by atoms with E-state index in [1.54, 1.807) is 37.3 Å². The van der Waals surface area contributed by atoms with Gasteiger partial charge in [-0.05, 0) is 53.3 Å². The minimum absolute atomic E-state index is 0.211. The molecule has 0 spiro atoms. The van der Waals surface area contributed by atoms with Gasteiger partial charge in [-0.15, -0.1) is 11.6 Å². The van der Waals surface area contributed by atoms with E-state index in [1.165, 1.54) is 6.07 Å². The molecule has 0 saturated heterocycles. The van der Waals surface area contributed by atoms with Crippen LogP contribution >= 0.6 is 57.4 Å². The van der Waals surface area contributed by atoms with E-state index in [1.807, 2.05) is 22.6 Å². The first-order chi connectivity index (χ1) is 13.3. The monoisotopic (exact) mass is 552 g/mol. The van der Waals surface area contributed by atoms with Crippen molar-refractivity contribution in [1.29, 1.82) is 0 Å². The molecule has 2 rings (SSSR count). The number of carbonyl (C=O) groups is 3. The standard InChI is InChI=1S/C19H16Cl3IN2O3/c1-10-5-6-11(16(26)17(21)22)9-14(10)25-18(27)12-3-2-4-13(23)15(12)19(28)24-8-7-20/h2-6,9,17H,7-8H2,1H3,(H,24,28)(H,25,27). The molecule has 0 unspecified atom stereocenters. The first-order valence-corrected chi connectivity index (χ1v) is 10.6. The van der Waals surface area contributed by atoms with Gasteiger partial charge in [0.1, 0.15) is 0 Å². The van der Waals surface area contributed by atoms with Crippen LogP contribution < -0.4 is 10.6 Å². The summed E-state index contributed by atoms with van der Waals surface area (Å²) in [6, 6.07) is 9.76. The molecule has 2 amide bonds. The Balaban J connectivity index is 2.36. The average Bonchev–Trinajstić information content (AvgIpc) is 2.66. The largest absolute Gasteiger partial charge is 0.351 e. The first-order valence-electron chi connectivity index (χ1n) is 8.13. The summed E-state index contributed by atoms with van der Waals surface area (Å²) >= 11 is 18.9. The van der Waals surface area contributed by atoms with Crippen molar-refractivity contribution in [3.8, 4) is 0 Å². The normalized spacial score (nSPS) is 10.6. The predicted molar refractivity (Wildman–Crippen MR) is 121 cm³/mol. The van der Waals surface area contributed by atoms with E-state index < -0.39 is 16.5 Å². The van der Waals surface area contributed by atoms with Crippen molar-refractivity contribution in [2.75, 3.05) is 17.7 Å². The molecule has 0 fully saturated rings. The third kappa shape index (κ3) is 5.59. The molecule has 0 atom stereocenters. The minimum Gasteiger partial charge on any atom is -0.351 e. The summed E-state index contributed by atoms with van der Waals surface area (Å²) in [7, 11) is 0. The lowest BCUT2D eigenvalue weighted by Crippen LogP contribution is -2.29. The molecule has 0 heterocycles. The number of aryl methyl sites for hydroxylation is 1. The Morgan fingerprint density at radius 1 is 1.11 bits per heavy atom. The van der Waals surface area contributed by atoms with Gasteiger partial charge in [-0.25, -0.2) is 0 Å². The number of halogens is 4. The van der Waals surface area contributed by atoms with Gasteiger partial charge in [0.05, 0.1) is 11.1 Å². The highest BCUT2D eigenvalue weighted by atomic mass is 127. The molecule has 0 bridgehead atoms. The van der Waals surface area contributed by atoms with Crippen molar-refractivity contribution in [2.45, 2.75) is 11.8 Å². The highest BCUT2D eigenvalue weighted by Crippen LogP contribution is 2.23. The number of Topliss-reactive ketones (excluding diaryl/α,β-unsaturated/α-hetero) is 1. The zero-order chi connectivity index (χ0) is 20.8. The van der Waals surface area contributed by atoms with Gasteiger partial charge in [-0.3, -0.25) is 14.4 Å². The van der Waals surface area contributed by atoms with Gasteiger partial charge in [-0.2, -0.15) is 0 Å². The Morgan fingerprint density at radius 3 is 2.46 bits per heavy atom. The van der Waals surface area contributed by atoms with Crippen molar-refractivity contribution in [3.05, 3.63) is 62.2 Å². The smallest absolute Gasteiger partial charge is 0.256 e. The van der Waals surface area contributed by atoms with Gasteiger partial charge in [-0.1, -0.05) is 41.4 Å². The van der Waals surface area contributed by atoms with Crippen LogP contribution in [0.4, 0.5) is 5.69 Å². The van der Waals surface area contributed by atoms with Crippen molar-refractivity contribution in [3.63, 3.8) is 0 Å². The van der Waals surface area contributed by atoms with Crippen LogP contribution in [0.3, 0.4) is 0 Å². The maximum absolute atomic E-state index is 12.9. The van der Waals surface area contributed by atoms with Crippen molar-refractivity contribution < 1.29 is 14.4 Å². The molecule has 2 aromatic rings. The topological polar surface area (TPSA) is 75.3 Å². The van der Waals surface area contributed by atoms with Crippen molar-refractivity contribution >= 4 is 80.7 Å². The number of benzene rings is 2. The molecule has 0 aliphatic carbocycles. The zero-order valence-electron chi connectivity index (χ0n) is 14.7. The lowest BCUT2D eigenvalue weighted by atomic mass is 10.0. The van der Waals surface area contributed by atoms with Crippen molar-refractivity contribution in [1.82, 2.24) is 5.32 Å². The van der Waals surface area contributed by atoms with Gasteiger partial charge in [0.15, 0.2) is 10.6 Å². The fraction of sp³-hybridized carbons (Fsp3) is 0.211. The number of nitrogens with one attached hydrogen (secondary N) is 2. The Morgan fingerprint density at radius 2 is 1.82 bits per heavy atom. The number of carbonyl (C=O) groups excluding carboxylic acids is 3. The second-order valence-electron chi connectivity index (χ2n) is 5.76. The summed E-state index contributed by atoms with van der Waals surface area (Å²) in [5.41, 5.74) is 1.92. The van der Waals surface area contributed by atoms with Gasteiger partial charge in [0, 0.05) is 27.2 Å². The van der Waals surface area contributed by atoms with Gasteiger partial charge >= 0.3 is 0 Å². The predicted octanol–water partition coefficient (Wildman–Crippen LogP) is 4.81. The van der Waals surface area contributed by atoms with Crippen LogP contribution in [-0.4, -0.2) is 34.9 Å². The summed E-state index contributed by atoms with van der Waals surface area (Å²) in [5.74, 6) is -1.06. The first kappa shape index (κ1) is 22.9. The molecular formula is C19H16Cl3IN2O3. The second kappa shape index (κ2) is 10.4. The molecule has 0 aliphatic heterocycles. The fourth-order valence-corrected chi connectivity index (χ4v) is 3.51. The van der Waals surface area contributed by atoms with Crippen LogP contribution in [0.25, 0.3) is 0 Å². The SMILES string of the molecule is Cc1ccc(C(=O)C(Cl)Cl)cc1NC(=O)c1cccc(I)c1C(=O)NCCCl. The third-order valence-corrected chi connectivity index (χ3v) is 5.32. The molecule has 0 aliphatic rings. The molecule has 5 nitrogen and oxygen atoms in total. The number of hydrogen-bond donors (Lipinski definition) is 2. The maximum atomic E-state index is 12.9. The lowest BCUT2D eigenvalue weighted by molar-refractivity contribution is 0.0941. The van der Waals surface area contributed by atoms with E-state index in [0.717, 1.165) is 5.56 Å². The average molecular weight is 554 g/mol. The highest BCUT2D eigenvalue weighted by molar-refractivity contribution is 14.1. The summed E-state index contributed by atoms with van der Waals surface area (Å²) in [5, 5.41) is 5.42. The number of ketones is 1.